The lowest BCUT2D eigenvalue weighted by Gasteiger charge is -2.32. The van der Waals surface area contributed by atoms with E-state index in [0.717, 1.165) is 0 Å². The standard InChI is InChI=1S/C15H21F2NO2S/c1-9-6-7-12(16)13(14(9)17)15(18)10-4-3-5-11(8-10)21(2,19)20/h6-7,10-11,15H,3-5,8,18H2,1-2H3. The predicted octanol–water partition coefficient (Wildman–Crippen LogP) is 2.88. The number of nitrogens with two attached hydrogens (primary N) is 1. The highest BCUT2D eigenvalue weighted by Crippen LogP contribution is 2.37. The molecule has 1 aliphatic rings. The monoisotopic (exact) mass is 317 g/mol. The van der Waals surface area contributed by atoms with Crippen LogP contribution in [-0.4, -0.2) is 19.9 Å². The van der Waals surface area contributed by atoms with Crippen LogP contribution in [0, 0.1) is 24.5 Å². The first-order chi connectivity index (χ1) is 9.71. The molecule has 2 rings (SSSR count). The van der Waals surface area contributed by atoms with Crippen molar-refractivity contribution in [2.75, 3.05) is 6.26 Å². The lowest BCUT2D eigenvalue weighted by molar-refractivity contribution is 0.298. The molecule has 3 nitrogen and oxygen atoms in total. The second-order valence-corrected chi connectivity index (χ2v) is 8.32. The summed E-state index contributed by atoms with van der Waals surface area (Å²) in [5, 5.41) is -0.460. The molecule has 3 atom stereocenters. The van der Waals surface area contributed by atoms with Crippen LogP contribution in [-0.2, 0) is 9.84 Å². The van der Waals surface area contributed by atoms with Crippen molar-refractivity contribution < 1.29 is 17.2 Å². The molecule has 0 aliphatic heterocycles. The minimum atomic E-state index is -3.15. The van der Waals surface area contributed by atoms with Crippen LogP contribution in [0.5, 0.6) is 0 Å². The SMILES string of the molecule is Cc1ccc(F)c(C(N)C2CCCC(S(C)(=O)=O)C2)c1F. The van der Waals surface area contributed by atoms with Crippen molar-refractivity contribution in [3.63, 3.8) is 0 Å². The second-order valence-electron chi connectivity index (χ2n) is 6.00. The molecule has 1 aromatic rings. The van der Waals surface area contributed by atoms with Gasteiger partial charge in [0.15, 0.2) is 0 Å². The third-order valence-electron chi connectivity index (χ3n) is 4.43. The van der Waals surface area contributed by atoms with Crippen LogP contribution < -0.4 is 5.73 Å². The lowest BCUT2D eigenvalue weighted by Crippen LogP contribution is -2.33. The number of aryl methyl sites for hydroxylation is 1. The van der Waals surface area contributed by atoms with Gasteiger partial charge in [-0.05, 0) is 43.7 Å². The smallest absolute Gasteiger partial charge is 0.150 e. The zero-order chi connectivity index (χ0) is 15.8. The van der Waals surface area contributed by atoms with E-state index >= 15 is 0 Å². The molecule has 1 fully saturated rings. The summed E-state index contributed by atoms with van der Waals surface area (Å²) in [7, 11) is -3.15. The molecule has 0 heterocycles. The van der Waals surface area contributed by atoms with Gasteiger partial charge in [-0.25, -0.2) is 17.2 Å². The van der Waals surface area contributed by atoms with Crippen LogP contribution in [0.15, 0.2) is 12.1 Å². The fraction of sp³-hybridized carbons (Fsp3) is 0.600. The van der Waals surface area contributed by atoms with Gasteiger partial charge in [-0.15, -0.1) is 0 Å². The highest BCUT2D eigenvalue weighted by molar-refractivity contribution is 7.91. The summed E-state index contributed by atoms with van der Waals surface area (Å²) in [5.74, 6) is -1.50. The Hall–Kier alpha value is -1.01. The normalized spacial score (nSPS) is 24.8. The Morgan fingerprint density at radius 2 is 1.95 bits per heavy atom. The number of rotatable bonds is 3. The summed E-state index contributed by atoms with van der Waals surface area (Å²) >= 11 is 0. The van der Waals surface area contributed by atoms with Crippen LogP contribution in [0.2, 0.25) is 0 Å². The molecule has 118 valence electrons. The van der Waals surface area contributed by atoms with Crippen LogP contribution in [0.4, 0.5) is 8.78 Å². The lowest BCUT2D eigenvalue weighted by atomic mass is 9.80. The van der Waals surface area contributed by atoms with E-state index in [1.807, 2.05) is 0 Å². The summed E-state index contributed by atoms with van der Waals surface area (Å²) in [6.45, 7) is 1.56. The number of hydrogen-bond acceptors (Lipinski definition) is 3. The molecule has 0 bridgehead atoms. The van der Waals surface area contributed by atoms with Crippen molar-refractivity contribution in [2.45, 2.75) is 43.9 Å². The van der Waals surface area contributed by atoms with E-state index in [-0.39, 0.29) is 11.5 Å². The molecule has 0 radical (unpaired) electrons. The van der Waals surface area contributed by atoms with E-state index in [4.69, 9.17) is 5.73 Å². The molecule has 0 spiro atoms. The van der Waals surface area contributed by atoms with Gasteiger partial charge in [0.2, 0.25) is 0 Å². The highest BCUT2D eigenvalue weighted by atomic mass is 32.2. The summed E-state index contributed by atoms with van der Waals surface area (Å²) in [6, 6.07) is 1.78. The molecule has 0 aromatic heterocycles. The predicted molar refractivity (Wildman–Crippen MR) is 78.6 cm³/mol. The Bertz CT molecular complexity index is 631. The Balaban J connectivity index is 2.28. The van der Waals surface area contributed by atoms with E-state index in [1.54, 1.807) is 6.92 Å². The van der Waals surface area contributed by atoms with Crippen molar-refractivity contribution in [1.29, 1.82) is 0 Å². The maximum atomic E-state index is 14.2. The maximum absolute atomic E-state index is 14.2. The summed E-state index contributed by atoms with van der Waals surface area (Å²) in [5.41, 5.74) is 6.30. The van der Waals surface area contributed by atoms with Crippen molar-refractivity contribution in [3.05, 3.63) is 34.9 Å². The Kier molecular flexibility index (Phi) is 4.68. The van der Waals surface area contributed by atoms with E-state index in [2.05, 4.69) is 0 Å². The number of benzene rings is 1. The average molecular weight is 317 g/mol. The van der Waals surface area contributed by atoms with Gasteiger partial charge in [-0.1, -0.05) is 12.5 Å². The Labute approximate surface area is 124 Å². The molecule has 2 N–H and O–H groups in total. The van der Waals surface area contributed by atoms with Crippen molar-refractivity contribution >= 4 is 9.84 Å². The molecule has 21 heavy (non-hydrogen) atoms. The molecule has 1 aromatic carbocycles. The van der Waals surface area contributed by atoms with Gasteiger partial charge >= 0.3 is 0 Å². The average Bonchev–Trinajstić information content (AvgIpc) is 2.42. The molecule has 3 unspecified atom stereocenters. The van der Waals surface area contributed by atoms with Gasteiger partial charge in [0.25, 0.3) is 0 Å². The van der Waals surface area contributed by atoms with Crippen LogP contribution in [0.3, 0.4) is 0 Å². The van der Waals surface area contributed by atoms with E-state index in [1.165, 1.54) is 18.4 Å². The van der Waals surface area contributed by atoms with E-state index in [0.29, 0.717) is 31.2 Å². The van der Waals surface area contributed by atoms with Gasteiger partial charge < -0.3 is 5.73 Å². The summed E-state index contributed by atoms with van der Waals surface area (Å²) in [4.78, 5) is 0. The third kappa shape index (κ3) is 3.43. The minimum absolute atomic E-state index is 0.117. The van der Waals surface area contributed by atoms with Gasteiger partial charge in [-0.3, -0.25) is 0 Å². The minimum Gasteiger partial charge on any atom is -0.324 e. The molecule has 1 aliphatic carbocycles. The third-order valence-corrected chi connectivity index (χ3v) is 6.07. The fourth-order valence-corrected chi connectivity index (χ4v) is 4.31. The first kappa shape index (κ1) is 16.4. The van der Waals surface area contributed by atoms with E-state index in [9.17, 15) is 17.2 Å². The quantitative estimate of drug-likeness (QED) is 0.932. The van der Waals surface area contributed by atoms with Gasteiger partial charge in [-0.2, -0.15) is 0 Å². The zero-order valence-electron chi connectivity index (χ0n) is 12.3. The van der Waals surface area contributed by atoms with Crippen molar-refractivity contribution in [1.82, 2.24) is 0 Å². The first-order valence-corrected chi connectivity index (χ1v) is 9.06. The molecular formula is C15H21F2NO2S. The van der Waals surface area contributed by atoms with Crippen LogP contribution in [0.25, 0.3) is 0 Å². The number of sulfone groups is 1. The van der Waals surface area contributed by atoms with Crippen LogP contribution >= 0.6 is 0 Å². The van der Waals surface area contributed by atoms with E-state index < -0.39 is 32.8 Å². The highest BCUT2D eigenvalue weighted by Gasteiger charge is 2.34. The number of halogens is 2. The number of hydrogen-bond donors (Lipinski definition) is 1. The van der Waals surface area contributed by atoms with Gasteiger partial charge in [0.05, 0.1) is 5.25 Å². The van der Waals surface area contributed by atoms with Crippen LogP contribution in [0.1, 0.15) is 42.9 Å². The van der Waals surface area contributed by atoms with Gasteiger partial charge in [0, 0.05) is 17.9 Å². The molecule has 0 saturated heterocycles. The van der Waals surface area contributed by atoms with Crippen molar-refractivity contribution in [3.8, 4) is 0 Å². The first-order valence-electron chi connectivity index (χ1n) is 7.10. The van der Waals surface area contributed by atoms with Gasteiger partial charge in [0.1, 0.15) is 21.5 Å². The molecular weight excluding hydrogens is 296 g/mol. The molecule has 6 heteroatoms. The second kappa shape index (κ2) is 6.01. The Morgan fingerprint density at radius 3 is 2.57 bits per heavy atom. The largest absolute Gasteiger partial charge is 0.324 e. The summed E-state index contributed by atoms with van der Waals surface area (Å²) < 4.78 is 51.5. The zero-order valence-corrected chi connectivity index (χ0v) is 13.1. The maximum Gasteiger partial charge on any atom is 0.150 e. The Morgan fingerprint density at radius 1 is 1.29 bits per heavy atom. The molecule has 1 saturated carbocycles. The topological polar surface area (TPSA) is 60.2 Å². The molecule has 0 amide bonds. The van der Waals surface area contributed by atoms with Crippen molar-refractivity contribution in [2.24, 2.45) is 11.7 Å². The summed E-state index contributed by atoms with van der Waals surface area (Å²) in [6.07, 6.45) is 3.58. The fourth-order valence-electron chi connectivity index (χ4n) is 3.12.